The quantitative estimate of drug-likeness (QED) is 0.468. The van der Waals surface area contributed by atoms with E-state index in [1.165, 1.54) is 52.0 Å². The van der Waals surface area contributed by atoms with E-state index in [1.807, 2.05) is 19.0 Å². The lowest BCUT2D eigenvalue weighted by atomic mass is 10.2. The number of nitrogens with zero attached hydrogens (tertiary/aromatic N) is 4. The molecule has 0 radical (unpaired) electrons. The van der Waals surface area contributed by atoms with Crippen LogP contribution in [-0.2, 0) is 14.8 Å². The molecule has 0 saturated carbocycles. The summed E-state index contributed by atoms with van der Waals surface area (Å²) in [5, 5.41) is 0.465. The van der Waals surface area contributed by atoms with Gasteiger partial charge in [-0.1, -0.05) is 11.3 Å². The lowest BCUT2D eigenvalue weighted by Gasteiger charge is -2.26. The van der Waals surface area contributed by atoms with Gasteiger partial charge in [0, 0.05) is 31.7 Å². The molecule has 0 N–H and O–H groups in total. The molecule has 0 bridgehead atoms. The fourth-order valence-electron chi connectivity index (χ4n) is 3.45. The molecule has 3 aromatic rings. The van der Waals surface area contributed by atoms with Crippen LogP contribution in [-0.4, -0.2) is 82.0 Å². The molecule has 0 spiro atoms. The van der Waals surface area contributed by atoms with E-state index < -0.39 is 10.0 Å². The molecular formula is C22H26ClFN4O4S2. The van der Waals surface area contributed by atoms with E-state index in [0.717, 1.165) is 0 Å². The zero-order valence-electron chi connectivity index (χ0n) is 18.8. The second kappa shape index (κ2) is 11.1. The molecule has 34 heavy (non-hydrogen) atoms. The van der Waals surface area contributed by atoms with Gasteiger partial charge < -0.3 is 9.64 Å². The minimum absolute atomic E-state index is 0. The van der Waals surface area contributed by atoms with Crippen LogP contribution in [0.5, 0.6) is 0 Å². The summed E-state index contributed by atoms with van der Waals surface area (Å²) in [6.07, 6.45) is 0. The van der Waals surface area contributed by atoms with Crippen LogP contribution < -0.4 is 4.90 Å². The Labute approximate surface area is 208 Å². The molecule has 8 nitrogen and oxygen atoms in total. The Morgan fingerprint density at radius 2 is 1.79 bits per heavy atom. The van der Waals surface area contributed by atoms with Crippen molar-refractivity contribution >= 4 is 55.0 Å². The molecule has 1 fully saturated rings. The zero-order chi connectivity index (χ0) is 23.6. The molecule has 1 aliphatic rings. The SMILES string of the molecule is CN(C)CCN(C(=O)c1ccc(S(=O)(=O)N2CCOCC2)cc1)c1nc2ccc(F)cc2s1.Cl. The van der Waals surface area contributed by atoms with Gasteiger partial charge in [-0.3, -0.25) is 9.69 Å². The molecule has 12 heteroatoms. The highest BCUT2D eigenvalue weighted by Crippen LogP contribution is 2.30. The summed E-state index contributed by atoms with van der Waals surface area (Å²) in [4.78, 5) is 21.5. The minimum Gasteiger partial charge on any atom is -0.379 e. The molecule has 2 heterocycles. The Morgan fingerprint density at radius 3 is 2.44 bits per heavy atom. The fraction of sp³-hybridized carbons (Fsp3) is 0.364. The monoisotopic (exact) mass is 528 g/mol. The number of carbonyl (C=O) groups is 1. The Morgan fingerprint density at radius 1 is 1.12 bits per heavy atom. The summed E-state index contributed by atoms with van der Waals surface area (Å²) < 4.78 is 46.6. The first-order valence-corrected chi connectivity index (χ1v) is 12.7. The molecule has 1 aliphatic heterocycles. The summed E-state index contributed by atoms with van der Waals surface area (Å²) in [6.45, 7) is 2.31. The topological polar surface area (TPSA) is 83.1 Å². The predicted molar refractivity (Wildman–Crippen MR) is 133 cm³/mol. The van der Waals surface area contributed by atoms with Crippen molar-refractivity contribution in [2.45, 2.75) is 4.90 Å². The number of likely N-dealkylation sites (N-methyl/N-ethyl adjacent to an activating group) is 1. The number of halogens is 2. The van der Waals surface area contributed by atoms with Crippen molar-refractivity contribution in [2.75, 3.05) is 58.4 Å². The number of amides is 1. The summed E-state index contributed by atoms with van der Waals surface area (Å²) in [5.41, 5.74) is 0.964. The lowest BCUT2D eigenvalue weighted by molar-refractivity contribution is 0.0730. The Balaban J connectivity index is 0.00000324. The third-order valence-corrected chi connectivity index (χ3v) is 8.25. The van der Waals surface area contributed by atoms with Crippen molar-refractivity contribution in [1.82, 2.24) is 14.2 Å². The maximum Gasteiger partial charge on any atom is 0.260 e. The molecule has 1 aromatic heterocycles. The number of anilines is 1. The van der Waals surface area contributed by atoms with Crippen molar-refractivity contribution in [3.63, 3.8) is 0 Å². The van der Waals surface area contributed by atoms with Gasteiger partial charge in [-0.15, -0.1) is 12.4 Å². The van der Waals surface area contributed by atoms with Crippen LogP contribution in [0.25, 0.3) is 10.2 Å². The smallest absolute Gasteiger partial charge is 0.260 e. The number of rotatable bonds is 7. The molecule has 184 valence electrons. The number of hydrogen-bond donors (Lipinski definition) is 0. The molecule has 4 rings (SSSR count). The van der Waals surface area contributed by atoms with Crippen LogP contribution >= 0.6 is 23.7 Å². The second-order valence-electron chi connectivity index (χ2n) is 7.91. The van der Waals surface area contributed by atoms with Crippen molar-refractivity contribution in [2.24, 2.45) is 0 Å². The number of thiazole rings is 1. The van der Waals surface area contributed by atoms with Gasteiger partial charge in [0.15, 0.2) is 5.13 Å². The van der Waals surface area contributed by atoms with Gasteiger partial charge >= 0.3 is 0 Å². The standard InChI is InChI=1S/C22H25FN4O4S2.ClH/c1-25(2)9-10-27(22-24-19-8-5-17(23)15-20(19)32-22)21(28)16-3-6-18(7-4-16)33(29,30)26-11-13-31-14-12-26;/h3-8,15H,9-14H2,1-2H3;1H. The van der Waals surface area contributed by atoms with Gasteiger partial charge in [-0.2, -0.15) is 4.31 Å². The highest BCUT2D eigenvalue weighted by molar-refractivity contribution is 7.89. The fourth-order valence-corrected chi connectivity index (χ4v) is 5.87. The predicted octanol–water partition coefficient (Wildman–Crippen LogP) is 3.09. The van der Waals surface area contributed by atoms with E-state index in [1.54, 1.807) is 11.0 Å². The van der Waals surface area contributed by atoms with Crippen molar-refractivity contribution in [3.8, 4) is 0 Å². The average molecular weight is 529 g/mol. The number of ether oxygens (including phenoxy) is 1. The number of sulfonamides is 1. The molecule has 1 saturated heterocycles. The first-order chi connectivity index (χ1) is 15.8. The van der Waals surface area contributed by atoms with Crippen LogP contribution in [0.4, 0.5) is 9.52 Å². The number of benzene rings is 2. The third kappa shape index (κ3) is 5.73. The number of aromatic nitrogens is 1. The Hall–Kier alpha value is -2.15. The van der Waals surface area contributed by atoms with Crippen molar-refractivity contribution in [3.05, 3.63) is 53.8 Å². The summed E-state index contributed by atoms with van der Waals surface area (Å²) in [6, 6.07) is 10.3. The Bertz CT molecular complexity index is 1250. The average Bonchev–Trinajstić information content (AvgIpc) is 3.22. The highest BCUT2D eigenvalue weighted by atomic mass is 35.5. The first-order valence-electron chi connectivity index (χ1n) is 10.5. The molecule has 2 aromatic carbocycles. The molecular weight excluding hydrogens is 503 g/mol. The largest absolute Gasteiger partial charge is 0.379 e. The third-order valence-electron chi connectivity index (χ3n) is 5.30. The first kappa shape index (κ1) is 26.5. The van der Waals surface area contributed by atoms with Crippen LogP contribution in [0.1, 0.15) is 10.4 Å². The molecule has 0 aliphatic carbocycles. The normalized spacial score (nSPS) is 14.8. The maximum atomic E-state index is 13.6. The molecule has 0 atom stereocenters. The maximum absolute atomic E-state index is 13.6. The number of fused-ring (bicyclic) bond motifs is 1. The highest BCUT2D eigenvalue weighted by Gasteiger charge is 2.27. The van der Waals surface area contributed by atoms with Crippen molar-refractivity contribution in [1.29, 1.82) is 0 Å². The van der Waals surface area contributed by atoms with E-state index in [9.17, 15) is 17.6 Å². The van der Waals surface area contributed by atoms with E-state index in [0.29, 0.717) is 60.3 Å². The summed E-state index contributed by atoms with van der Waals surface area (Å²) >= 11 is 1.24. The molecule has 0 unspecified atom stereocenters. The summed E-state index contributed by atoms with van der Waals surface area (Å²) in [5.74, 6) is -0.660. The number of carbonyl (C=O) groups excluding carboxylic acids is 1. The lowest BCUT2D eigenvalue weighted by Crippen LogP contribution is -2.40. The van der Waals surface area contributed by atoms with E-state index in [-0.39, 0.29) is 29.0 Å². The van der Waals surface area contributed by atoms with E-state index in [2.05, 4.69) is 4.98 Å². The van der Waals surface area contributed by atoms with E-state index >= 15 is 0 Å². The minimum atomic E-state index is -3.64. The van der Waals surface area contributed by atoms with Gasteiger partial charge in [0.05, 0.1) is 28.3 Å². The van der Waals surface area contributed by atoms with Crippen molar-refractivity contribution < 1.29 is 22.3 Å². The summed E-state index contributed by atoms with van der Waals surface area (Å²) in [7, 11) is 0.165. The zero-order valence-corrected chi connectivity index (χ0v) is 21.3. The van der Waals surface area contributed by atoms with Gasteiger partial charge in [0.1, 0.15) is 5.82 Å². The van der Waals surface area contributed by atoms with Gasteiger partial charge in [0.2, 0.25) is 10.0 Å². The molecule has 1 amide bonds. The van der Waals surface area contributed by atoms with Crippen LogP contribution in [0.2, 0.25) is 0 Å². The van der Waals surface area contributed by atoms with Gasteiger partial charge in [0.25, 0.3) is 5.91 Å². The van der Waals surface area contributed by atoms with Crippen LogP contribution in [0, 0.1) is 5.82 Å². The van der Waals surface area contributed by atoms with Gasteiger partial charge in [-0.05, 0) is 56.6 Å². The Kier molecular flexibility index (Phi) is 8.61. The second-order valence-corrected chi connectivity index (χ2v) is 10.9. The van der Waals surface area contributed by atoms with Gasteiger partial charge in [-0.25, -0.2) is 17.8 Å². The van der Waals surface area contributed by atoms with E-state index in [4.69, 9.17) is 4.74 Å². The number of hydrogen-bond acceptors (Lipinski definition) is 7. The van der Waals surface area contributed by atoms with Crippen LogP contribution in [0.15, 0.2) is 47.4 Å². The number of morpholine rings is 1. The van der Waals surface area contributed by atoms with Crippen LogP contribution in [0.3, 0.4) is 0 Å².